The third-order valence-corrected chi connectivity index (χ3v) is 5.73. The van der Waals surface area contributed by atoms with Crippen LogP contribution in [0.1, 0.15) is 79.7 Å². The summed E-state index contributed by atoms with van der Waals surface area (Å²) >= 11 is 0. The highest BCUT2D eigenvalue weighted by Crippen LogP contribution is 2.30. The van der Waals surface area contributed by atoms with Crippen molar-refractivity contribution in [3.8, 4) is 11.5 Å². The molecule has 0 bridgehead atoms. The molecule has 4 atom stereocenters. The number of benzene rings is 1. The second-order valence-electron chi connectivity index (χ2n) is 9.95. The molecule has 1 aromatic carbocycles. The number of rotatable bonds is 15. The van der Waals surface area contributed by atoms with Gasteiger partial charge in [0.25, 0.3) is 0 Å². The van der Waals surface area contributed by atoms with E-state index in [-0.39, 0.29) is 55.3 Å². The van der Waals surface area contributed by atoms with Crippen LogP contribution >= 0.6 is 0 Å². The third kappa shape index (κ3) is 12.9. The fourth-order valence-electron chi connectivity index (χ4n) is 3.09. The zero-order valence-electron chi connectivity index (χ0n) is 23.6. The highest BCUT2D eigenvalue weighted by atomic mass is 16.7. The van der Waals surface area contributed by atoms with Crippen LogP contribution in [-0.4, -0.2) is 48.9 Å². The summed E-state index contributed by atoms with van der Waals surface area (Å²) in [4.78, 5) is 48.8. The van der Waals surface area contributed by atoms with Crippen molar-refractivity contribution in [3.05, 3.63) is 23.8 Å². The lowest BCUT2D eigenvalue weighted by Crippen LogP contribution is -2.36. The molecule has 2 unspecified atom stereocenters. The van der Waals surface area contributed by atoms with Gasteiger partial charge in [0.1, 0.15) is 18.8 Å². The molecule has 0 amide bonds. The van der Waals surface area contributed by atoms with Crippen molar-refractivity contribution in [1.82, 2.24) is 0 Å². The predicted octanol–water partition coefficient (Wildman–Crippen LogP) is 4.73. The van der Waals surface area contributed by atoms with E-state index in [9.17, 15) is 19.2 Å². The van der Waals surface area contributed by atoms with Gasteiger partial charge in [-0.2, -0.15) is 0 Å². The molecule has 0 aliphatic heterocycles. The lowest BCUT2D eigenvalue weighted by molar-refractivity contribution is -0.148. The quantitative estimate of drug-likeness (QED) is 0.246. The topological polar surface area (TPSA) is 140 Å². The summed E-state index contributed by atoms with van der Waals surface area (Å²) in [7, 11) is 0. The summed E-state index contributed by atoms with van der Waals surface area (Å²) in [6.07, 6.45) is 0.230. The third-order valence-electron chi connectivity index (χ3n) is 5.73. The number of hydrogen-bond acceptors (Lipinski definition) is 10. The molecule has 0 aromatic heterocycles. The molecule has 0 heterocycles. The molecule has 2 N–H and O–H groups in total. The van der Waals surface area contributed by atoms with Gasteiger partial charge in [0.2, 0.25) is 0 Å². The highest BCUT2D eigenvalue weighted by Gasteiger charge is 2.22. The van der Waals surface area contributed by atoms with Gasteiger partial charge >= 0.3 is 24.1 Å². The van der Waals surface area contributed by atoms with Gasteiger partial charge in [0.15, 0.2) is 11.5 Å². The first kappa shape index (κ1) is 32.9. The van der Waals surface area contributed by atoms with Crippen LogP contribution in [-0.2, 0) is 35.0 Å². The Labute approximate surface area is 225 Å². The number of carbonyl (C=O) groups excluding carboxylic acids is 4. The van der Waals surface area contributed by atoms with E-state index in [0.29, 0.717) is 5.56 Å². The van der Waals surface area contributed by atoms with Crippen molar-refractivity contribution in [1.29, 1.82) is 0 Å². The number of esters is 3. The maximum atomic E-state index is 12.5. The summed E-state index contributed by atoms with van der Waals surface area (Å²) in [5, 5.41) is 0. The van der Waals surface area contributed by atoms with Crippen molar-refractivity contribution >= 4 is 24.1 Å². The standard InChI is InChI=1S/C28H43NO9/c1-8-18(5)12-25(30)37-23-11-10-21(15-24(23)38-26(31)13-19(6)9-2)14-22(29)27(32)34-16-20(7)36-28(33)35-17(3)4/h10-11,15,17-20,22H,8-9,12-14,16,29H2,1-7H3/t18?,19?,20-,22-/m0/s1. The molecule has 0 aliphatic carbocycles. The fraction of sp³-hybridized carbons (Fsp3) is 0.643. The molecule has 0 aliphatic rings. The van der Waals surface area contributed by atoms with Crippen LogP contribution in [0, 0.1) is 11.8 Å². The second-order valence-corrected chi connectivity index (χ2v) is 9.95. The second kappa shape index (κ2) is 16.7. The number of ether oxygens (including phenoxy) is 5. The Morgan fingerprint density at radius 1 is 0.816 bits per heavy atom. The average Bonchev–Trinajstić information content (AvgIpc) is 2.83. The van der Waals surface area contributed by atoms with E-state index < -0.39 is 36.2 Å². The van der Waals surface area contributed by atoms with Gasteiger partial charge < -0.3 is 29.4 Å². The van der Waals surface area contributed by atoms with E-state index in [2.05, 4.69) is 0 Å². The van der Waals surface area contributed by atoms with E-state index in [1.807, 2.05) is 27.7 Å². The Bertz CT molecular complexity index is 931. The first-order chi connectivity index (χ1) is 17.8. The van der Waals surface area contributed by atoms with Crippen LogP contribution in [0.3, 0.4) is 0 Å². The Morgan fingerprint density at radius 2 is 1.37 bits per heavy atom. The molecule has 0 saturated carbocycles. The molecular formula is C28H43NO9. The van der Waals surface area contributed by atoms with Gasteiger partial charge in [0, 0.05) is 12.8 Å². The molecule has 1 rings (SSSR count). The minimum atomic E-state index is -1.03. The summed E-state index contributed by atoms with van der Waals surface area (Å²) < 4.78 is 26.1. The summed E-state index contributed by atoms with van der Waals surface area (Å²) in [6, 6.07) is 3.65. The Hall–Kier alpha value is -3.14. The Kier molecular flexibility index (Phi) is 14.4. The molecule has 0 spiro atoms. The van der Waals surface area contributed by atoms with Crippen LogP contribution in [0.15, 0.2) is 18.2 Å². The molecule has 1 aromatic rings. The highest BCUT2D eigenvalue weighted by molar-refractivity contribution is 5.77. The maximum Gasteiger partial charge on any atom is 0.508 e. The van der Waals surface area contributed by atoms with Crippen molar-refractivity contribution in [3.63, 3.8) is 0 Å². The van der Waals surface area contributed by atoms with Gasteiger partial charge in [-0.25, -0.2) is 4.79 Å². The average molecular weight is 538 g/mol. The first-order valence-corrected chi connectivity index (χ1v) is 13.2. The SMILES string of the molecule is CCC(C)CC(=O)Oc1ccc(C[C@H](N)C(=O)OC[C@H](C)OC(=O)OC(C)C)cc1OC(=O)CC(C)CC. The van der Waals surface area contributed by atoms with Crippen molar-refractivity contribution in [2.45, 2.75) is 98.8 Å². The van der Waals surface area contributed by atoms with Gasteiger partial charge in [-0.15, -0.1) is 0 Å². The fourth-order valence-corrected chi connectivity index (χ4v) is 3.09. The van der Waals surface area contributed by atoms with Gasteiger partial charge in [0.05, 0.1) is 6.10 Å². The number of hydrogen-bond donors (Lipinski definition) is 1. The first-order valence-electron chi connectivity index (χ1n) is 13.2. The molecule has 0 radical (unpaired) electrons. The van der Waals surface area contributed by atoms with E-state index in [4.69, 9.17) is 29.4 Å². The summed E-state index contributed by atoms with van der Waals surface area (Å²) in [6.45, 7) is 12.6. The van der Waals surface area contributed by atoms with Crippen molar-refractivity contribution in [2.75, 3.05) is 6.61 Å². The molecule has 10 heteroatoms. The molecule has 10 nitrogen and oxygen atoms in total. The largest absolute Gasteiger partial charge is 0.508 e. The molecule has 214 valence electrons. The number of carbonyl (C=O) groups is 4. The zero-order chi connectivity index (χ0) is 28.8. The maximum absolute atomic E-state index is 12.5. The lowest BCUT2D eigenvalue weighted by Gasteiger charge is -2.17. The van der Waals surface area contributed by atoms with E-state index in [1.165, 1.54) is 12.1 Å². The lowest BCUT2D eigenvalue weighted by atomic mass is 10.0. The van der Waals surface area contributed by atoms with Gasteiger partial charge in [-0.3, -0.25) is 14.4 Å². The van der Waals surface area contributed by atoms with E-state index in [0.717, 1.165) is 12.8 Å². The van der Waals surface area contributed by atoms with Crippen LogP contribution in [0.2, 0.25) is 0 Å². The van der Waals surface area contributed by atoms with Crippen LogP contribution in [0.5, 0.6) is 11.5 Å². The molecule has 0 fully saturated rings. The van der Waals surface area contributed by atoms with Crippen molar-refractivity contribution < 1.29 is 42.9 Å². The normalized spacial score (nSPS) is 14.1. The van der Waals surface area contributed by atoms with Gasteiger partial charge in [-0.05, 0) is 56.7 Å². The number of nitrogens with two attached hydrogens (primary N) is 1. The van der Waals surface area contributed by atoms with Crippen LogP contribution in [0.25, 0.3) is 0 Å². The minimum Gasteiger partial charge on any atom is -0.461 e. The van der Waals surface area contributed by atoms with Crippen LogP contribution < -0.4 is 15.2 Å². The minimum absolute atomic E-state index is 0.0699. The van der Waals surface area contributed by atoms with Gasteiger partial charge in [-0.1, -0.05) is 46.6 Å². The van der Waals surface area contributed by atoms with Crippen LogP contribution in [0.4, 0.5) is 4.79 Å². The molecule has 0 saturated heterocycles. The Balaban J connectivity index is 2.88. The molecular weight excluding hydrogens is 494 g/mol. The Morgan fingerprint density at radius 3 is 1.89 bits per heavy atom. The van der Waals surface area contributed by atoms with E-state index >= 15 is 0 Å². The monoisotopic (exact) mass is 537 g/mol. The smallest absolute Gasteiger partial charge is 0.461 e. The predicted molar refractivity (Wildman–Crippen MR) is 141 cm³/mol. The van der Waals surface area contributed by atoms with E-state index in [1.54, 1.807) is 26.8 Å². The zero-order valence-corrected chi connectivity index (χ0v) is 23.6. The summed E-state index contributed by atoms with van der Waals surface area (Å²) in [5.74, 6) is -1.10. The van der Waals surface area contributed by atoms with Crippen molar-refractivity contribution in [2.24, 2.45) is 17.6 Å². The summed E-state index contributed by atoms with van der Waals surface area (Å²) in [5.41, 5.74) is 6.60. The molecule has 38 heavy (non-hydrogen) atoms.